The molecule has 25 heavy (non-hydrogen) atoms. The highest BCUT2D eigenvalue weighted by atomic mass is 16.5. The first-order chi connectivity index (χ1) is 12.3. The minimum absolute atomic E-state index is 0.0756. The average Bonchev–Trinajstić information content (AvgIpc) is 3.18. The van der Waals surface area contributed by atoms with Crippen molar-refractivity contribution in [2.24, 2.45) is 5.92 Å². The number of hydrogen-bond donors (Lipinski definition) is 0. The highest BCUT2D eigenvalue weighted by molar-refractivity contribution is 5.91. The van der Waals surface area contributed by atoms with Crippen LogP contribution in [0.5, 0.6) is 0 Å². The van der Waals surface area contributed by atoms with Crippen LogP contribution in [0.25, 0.3) is 6.08 Å². The Labute approximate surface area is 150 Å². The molecule has 1 unspecified atom stereocenters. The van der Waals surface area contributed by atoms with Crippen molar-refractivity contribution in [2.75, 3.05) is 57.5 Å². The van der Waals surface area contributed by atoms with Gasteiger partial charge < -0.3 is 19.3 Å². The lowest BCUT2D eigenvalue weighted by molar-refractivity contribution is -0.126. The topological polar surface area (TPSA) is 42.0 Å². The van der Waals surface area contributed by atoms with Gasteiger partial charge in [-0.05, 0) is 37.1 Å². The van der Waals surface area contributed by atoms with E-state index in [2.05, 4.69) is 29.2 Å². The van der Waals surface area contributed by atoms with E-state index in [1.807, 2.05) is 17.9 Å². The summed E-state index contributed by atoms with van der Waals surface area (Å²) in [5.74, 6) is 0.553. The maximum Gasteiger partial charge on any atom is 0.246 e. The molecular weight excluding hydrogens is 316 g/mol. The van der Waals surface area contributed by atoms with Gasteiger partial charge in [0, 0.05) is 50.5 Å². The predicted octanol–water partition coefficient (Wildman–Crippen LogP) is 2.42. The minimum Gasteiger partial charge on any atom is -0.381 e. The fourth-order valence-electron chi connectivity index (χ4n) is 3.30. The number of carbonyl (C=O) groups is 1. The van der Waals surface area contributed by atoms with E-state index < -0.39 is 0 Å². The molecule has 2 heterocycles. The van der Waals surface area contributed by atoms with Crippen LogP contribution in [0.1, 0.15) is 18.9 Å². The molecule has 5 nitrogen and oxygen atoms in total. The Morgan fingerprint density at radius 2 is 1.96 bits per heavy atom. The third-order valence-corrected chi connectivity index (χ3v) is 4.88. The van der Waals surface area contributed by atoms with E-state index in [1.165, 1.54) is 5.69 Å². The first kappa shape index (κ1) is 18.0. The number of morpholine rings is 1. The minimum atomic E-state index is 0.0756. The number of rotatable bonds is 6. The summed E-state index contributed by atoms with van der Waals surface area (Å²) in [6.07, 6.45) is 4.64. The van der Waals surface area contributed by atoms with E-state index in [4.69, 9.17) is 9.47 Å². The van der Waals surface area contributed by atoms with Crippen LogP contribution < -0.4 is 4.90 Å². The fourth-order valence-corrected chi connectivity index (χ4v) is 3.30. The molecule has 0 aromatic heterocycles. The zero-order chi connectivity index (χ0) is 17.5. The molecule has 0 aliphatic carbocycles. The summed E-state index contributed by atoms with van der Waals surface area (Å²) in [6.45, 7) is 8.58. The normalized spacial score (nSPS) is 21.0. The summed E-state index contributed by atoms with van der Waals surface area (Å²) in [4.78, 5) is 16.7. The largest absolute Gasteiger partial charge is 0.381 e. The number of benzene rings is 1. The van der Waals surface area contributed by atoms with Gasteiger partial charge in [-0.15, -0.1) is 0 Å². The SMILES string of the molecule is CCN(CC1CCOC1)C(=O)/C=C/c1ccc(N2CCOCC2)cc1. The molecule has 3 rings (SSSR count). The van der Waals surface area contributed by atoms with Gasteiger partial charge in [0.15, 0.2) is 0 Å². The van der Waals surface area contributed by atoms with Crippen LogP contribution >= 0.6 is 0 Å². The van der Waals surface area contributed by atoms with Crippen LogP contribution in [0.3, 0.4) is 0 Å². The summed E-state index contributed by atoms with van der Waals surface area (Å²) < 4.78 is 10.8. The highest BCUT2D eigenvalue weighted by Gasteiger charge is 2.20. The third-order valence-electron chi connectivity index (χ3n) is 4.88. The molecule has 0 bridgehead atoms. The summed E-state index contributed by atoms with van der Waals surface area (Å²) in [5.41, 5.74) is 2.26. The molecule has 1 aromatic carbocycles. The summed E-state index contributed by atoms with van der Waals surface area (Å²) >= 11 is 0. The third kappa shape index (κ3) is 5.06. The molecule has 1 aromatic rings. The van der Waals surface area contributed by atoms with E-state index in [0.29, 0.717) is 5.92 Å². The molecule has 0 radical (unpaired) electrons. The molecule has 2 saturated heterocycles. The van der Waals surface area contributed by atoms with Crippen molar-refractivity contribution in [3.8, 4) is 0 Å². The highest BCUT2D eigenvalue weighted by Crippen LogP contribution is 2.18. The fraction of sp³-hybridized carbons (Fsp3) is 0.550. The Morgan fingerprint density at radius 3 is 2.60 bits per heavy atom. The van der Waals surface area contributed by atoms with Crippen molar-refractivity contribution in [2.45, 2.75) is 13.3 Å². The number of ether oxygens (including phenoxy) is 2. The van der Waals surface area contributed by atoms with Crippen molar-refractivity contribution >= 4 is 17.7 Å². The van der Waals surface area contributed by atoms with Crippen LogP contribution in [-0.2, 0) is 14.3 Å². The van der Waals surface area contributed by atoms with Crippen LogP contribution in [-0.4, -0.2) is 63.4 Å². The Kier molecular flexibility index (Phi) is 6.48. The van der Waals surface area contributed by atoms with Crippen LogP contribution in [0.4, 0.5) is 5.69 Å². The predicted molar refractivity (Wildman–Crippen MR) is 99.7 cm³/mol. The van der Waals surface area contributed by atoms with E-state index in [9.17, 15) is 4.79 Å². The zero-order valence-electron chi connectivity index (χ0n) is 15.0. The van der Waals surface area contributed by atoms with E-state index in [1.54, 1.807) is 6.08 Å². The summed E-state index contributed by atoms with van der Waals surface area (Å²) in [7, 11) is 0. The van der Waals surface area contributed by atoms with Gasteiger partial charge in [-0.3, -0.25) is 4.79 Å². The smallest absolute Gasteiger partial charge is 0.246 e. The van der Waals surface area contributed by atoms with Gasteiger partial charge in [-0.25, -0.2) is 0 Å². The first-order valence-corrected chi connectivity index (χ1v) is 9.23. The monoisotopic (exact) mass is 344 g/mol. The lowest BCUT2D eigenvalue weighted by atomic mass is 10.1. The van der Waals surface area contributed by atoms with Crippen molar-refractivity contribution in [3.05, 3.63) is 35.9 Å². The van der Waals surface area contributed by atoms with Gasteiger partial charge >= 0.3 is 0 Å². The lowest BCUT2D eigenvalue weighted by Crippen LogP contribution is -2.36. The second-order valence-corrected chi connectivity index (χ2v) is 6.63. The van der Waals surface area contributed by atoms with Crippen LogP contribution in [0.2, 0.25) is 0 Å². The van der Waals surface area contributed by atoms with Crippen molar-refractivity contribution < 1.29 is 14.3 Å². The van der Waals surface area contributed by atoms with Crippen molar-refractivity contribution in [1.29, 1.82) is 0 Å². The molecule has 2 fully saturated rings. The maximum atomic E-state index is 12.4. The van der Waals surface area contributed by atoms with Crippen molar-refractivity contribution in [3.63, 3.8) is 0 Å². The molecule has 0 spiro atoms. The quantitative estimate of drug-likeness (QED) is 0.743. The van der Waals surface area contributed by atoms with Gasteiger partial charge in [0.05, 0.1) is 19.8 Å². The number of nitrogens with zero attached hydrogens (tertiary/aromatic N) is 2. The lowest BCUT2D eigenvalue weighted by Gasteiger charge is -2.28. The van der Waals surface area contributed by atoms with Crippen LogP contribution in [0.15, 0.2) is 30.3 Å². The molecule has 1 atom stereocenters. The van der Waals surface area contributed by atoms with Gasteiger partial charge in [0.25, 0.3) is 0 Å². The Hall–Kier alpha value is -1.85. The Morgan fingerprint density at radius 1 is 1.20 bits per heavy atom. The molecule has 0 saturated carbocycles. The van der Waals surface area contributed by atoms with E-state index in [0.717, 1.165) is 64.6 Å². The molecule has 0 N–H and O–H groups in total. The number of carbonyl (C=O) groups excluding carboxylic acids is 1. The summed E-state index contributed by atoms with van der Waals surface area (Å²) in [5, 5.41) is 0. The Bertz CT molecular complexity index is 573. The summed E-state index contributed by atoms with van der Waals surface area (Å²) in [6, 6.07) is 8.36. The van der Waals surface area contributed by atoms with Crippen LogP contribution in [0, 0.1) is 5.92 Å². The standard InChI is InChI=1S/C20H28N2O3/c1-2-21(15-18-9-12-25-16-18)20(23)8-5-17-3-6-19(7-4-17)22-10-13-24-14-11-22/h3-8,18H,2,9-16H2,1H3/b8-5+. The van der Waals surface area contributed by atoms with E-state index in [-0.39, 0.29) is 5.91 Å². The average molecular weight is 344 g/mol. The molecule has 2 aliphatic heterocycles. The van der Waals surface area contributed by atoms with Gasteiger partial charge in [-0.2, -0.15) is 0 Å². The van der Waals surface area contributed by atoms with Gasteiger partial charge in [0.1, 0.15) is 0 Å². The second-order valence-electron chi connectivity index (χ2n) is 6.63. The number of hydrogen-bond acceptors (Lipinski definition) is 4. The number of likely N-dealkylation sites (N-methyl/N-ethyl adjacent to an activating group) is 1. The van der Waals surface area contributed by atoms with Crippen molar-refractivity contribution in [1.82, 2.24) is 4.90 Å². The molecule has 136 valence electrons. The maximum absolute atomic E-state index is 12.4. The van der Waals surface area contributed by atoms with Gasteiger partial charge in [0.2, 0.25) is 5.91 Å². The number of amides is 1. The Balaban J connectivity index is 1.55. The second kappa shape index (κ2) is 9.02. The molecule has 1 amide bonds. The van der Waals surface area contributed by atoms with Gasteiger partial charge in [-0.1, -0.05) is 12.1 Å². The first-order valence-electron chi connectivity index (χ1n) is 9.23. The molecule has 5 heteroatoms. The zero-order valence-corrected chi connectivity index (χ0v) is 15.0. The van der Waals surface area contributed by atoms with E-state index >= 15 is 0 Å². The number of anilines is 1. The molecular formula is C20H28N2O3. The molecule has 2 aliphatic rings.